The Kier molecular flexibility index (Phi) is 4.99. The molecule has 1 aromatic heterocycles. The van der Waals surface area contributed by atoms with Crippen LogP contribution in [0.4, 0.5) is 13.2 Å². The molecule has 0 amide bonds. The Labute approximate surface area is 98.4 Å². The highest BCUT2D eigenvalue weighted by atomic mass is 19.4. The third-order valence-electron chi connectivity index (χ3n) is 2.15. The van der Waals surface area contributed by atoms with Crippen molar-refractivity contribution in [3.8, 4) is 0 Å². The SMILES string of the molecule is CC(C)NCCc1ncc(CCC(F)(F)F)o1. The van der Waals surface area contributed by atoms with Crippen LogP contribution in [0, 0.1) is 0 Å². The Balaban J connectivity index is 2.32. The lowest BCUT2D eigenvalue weighted by atomic mass is 10.2. The van der Waals surface area contributed by atoms with Crippen molar-refractivity contribution in [2.24, 2.45) is 0 Å². The fourth-order valence-corrected chi connectivity index (χ4v) is 1.31. The van der Waals surface area contributed by atoms with E-state index in [4.69, 9.17) is 4.42 Å². The van der Waals surface area contributed by atoms with Crippen molar-refractivity contribution in [1.82, 2.24) is 10.3 Å². The summed E-state index contributed by atoms with van der Waals surface area (Å²) in [5, 5.41) is 3.18. The smallest absolute Gasteiger partial charge is 0.389 e. The summed E-state index contributed by atoms with van der Waals surface area (Å²) in [6, 6.07) is 0.370. The lowest BCUT2D eigenvalue weighted by molar-refractivity contribution is -0.134. The molecular weight excluding hydrogens is 233 g/mol. The summed E-state index contributed by atoms with van der Waals surface area (Å²) in [5.74, 6) is 0.775. The van der Waals surface area contributed by atoms with Crippen LogP contribution in [0.15, 0.2) is 10.6 Å². The monoisotopic (exact) mass is 250 g/mol. The van der Waals surface area contributed by atoms with Gasteiger partial charge >= 0.3 is 6.18 Å². The van der Waals surface area contributed by atoms with Gasteiger partial charge in [0, 0.05) is 25.4 Å². The Morgan fingerprint density at radius 1 is 1.35 bits per heavy atom. The number of aryl methyl sites for hydroxylation is 1. The Bertz CT molecular complexity index is 334. The van der Waals surface area contributed by atoms with Crippen molar-refractivity contribution in [3.05, 3.63) is 17.8 Å². The molecule has 0 radical (unpaired) electrons. The fraction of sp³-hybridized carbons (Fsp3) is 0.727. The highest BCUT2D eigenvalue weighted by Gasteiger charge is 2.27. The second-order valence-electron chi connectivity index (χ2n) is 4.19. The first-order valence-corrected chi connectivity index (χ1v) is 5.60. The number of oxazole rings is 1. The molecular formula is C11H17F3N2O. The van der Waals surface area contributed by atoms with E-state index >= 15 is 0 Å². The van der Waals surface area contributed by atoms with Crippen LogP contribution in [-0.4, -0.2) is 23.7 Å². The largest absolute Gasteiger partial charge is 0.446 e. The number of halogens is 3. The third kappa shape index (κ3) is 6.31. The van der Waals surface area contributed by atoms with E-state index in [0.29, 0.717) is 30.7 Å². The van der Waals surface area contributed by atoms with Crippen molar-refractivity contribution in [2.75, 3.05) is 6.54 Å². The lowest BCUT2D eigenvalue weighted by Crippen LogP contribution is -2.24. The van der Waals surface area contributed by atoms with Crippen LogP contribution >= 0.6 is 0 Å². The standard InChI is InChI=1S/C11H17F3N2O/c1-8(2)15-6-4-10-16-7-9(17-10)3-5-11(12,13)14/h7-8,15H,3-6H2,1-2H3. The van der Waals surface area contributed by atoms with E-state index in [9.17, 15) is 13.2 Å². The molecule has 0 saturated carbocycles. The first-order valence-electron chi connectivity index (χ1n) is 5.60. The van der Waals surface area contributed by atoms with Crippen LogP contribution in [0.25, 0.3) is 0 Å². The molecule has 1 aromatic rings. The molecule has 0 fully saturated rings. The summed E-state index contributed by atoms with van der Waals surface area (Å²) < 4.78 is 41.1. The zero-order valence-electron chi connectivity index (χ0n) is 9.97. The summed E-state index contributed by atoms with van der Waals surface area (Å²) in [5.41, 5.74) is 0. The highest BCUT2D eigenvalue weighted by molar-refractivity contribution is 4.95. The van der Waals surface area contributed by atoms with Crippen LogP contribution in [0.2, 0.25) is 0 Å². The van der Waals surface area contributed by atoms with E-state index in [1.54, 1.807) is 0 Å². The molecule has 98 valence electrons. The number of rotatable bonds is 6. The van der Waals surface area contributed by atoms with Gasteiger partial charge in [0.05, 0.1) is 12.6 Å². The molecule has 1 rings (SSSR count). The zero-order valence-corrected chi connectivity index (χ0v) is 9.97. The van der Waals surface area contributed by atoms with Crippen LogP contribution in [0.3, 0.4) is 0 Å². The minimum atomic E-state index is -4.15. The minimum Gasteiger partial charge on any atom is -0.446 e. The predicted molar refractivity (Wildman–Crippen MR) is 57.7 cm³/mol. The van der Waals surface area contributed by atoms with Gasteiger partial charge in [0.25, 0.3) is 0 Å². The van der Waals surface area contributed by atoms with Gasteiger partial charge in [-0.3, -0.25) is 0 Å². The molecule has 0 bridgehead atoms. The second-order valence-corrected chi connectivity index (χ2v) is 4.19. The predicted octanol–water partition coefficient (Wildman–Crippen LogP) is 2.71. The normalized spacial score (nSPS) is 12.4. The Morgan fingerprint density at radius 3 is 2.65 bits per heavy atom. The molecule has 0 unspecified atom stereocenters. The number of alkyl halides is 3. The topological polar surface area (TPSA) is 38.1 Å². The number of hydrogen-bond donors (Lipinski definition) is 1. The first-order chi connectivity index (χ1) is 7.87. The van der Waals surface area contributed by atoms with Crippen molar-refractivity contribution in [3.63, 3.8) is 0 Å². The van der Waals surface area contributed by atoms with Crippen molar-refractivity contribution in [2.45, 2.75) is 45.3 Å². The van der Waals surface area contributed by atoms with E-state index < -0.39 is 12.6 Å². The van der Waals surface area contributed by atoms with Gasteiger partial charge in [-0.15, -0.1) is 0 Å². The Hall–Kier alpha value is -1.04. The van der Waals surface area contributed by atoms with E-state index in [1.807, 2.05) is 13.8 Å². The maximum Gasteiger partial charge on any atom is 0.389 e. The molecule has 0 aliphatic heterocycles. The molecule has 0 saturated heterocycles. The van der Waals surface area contributed by atoms with Crippen molar-refractivity contribution >= 4 is 0 Å². The quantitative estimate of drug-likeness (QED) is 0.843. The first kappa shape index (κ1) is 14.0. The maximum absolute atomic E-state index is 12.0. The molecule has 0 aliphatic rings. The number of nitrogens with one attached hydrogen (secondary N) is 1. The molecule has 6 heteroatoms. The maximum atomic E-state index is 12.0. The van der Waals surface area contributed by atoms with E-state index in [2.05, 4.69) is 10.3 Å². The minimum absolute atomic E-state index is 0.145. The van der Waals surface area contributed by atoms with Gasteiger partial charge in [-0.2, -0.15) is 13.2 Å². The van der Waals surface area contributed by atoms with E-state index in [1.165, 1.54) is 6.20 Å². The van der Waals surface area contributed by atoms with Gasteiger partial charge in [-0.25, -0.2) is 4.98 Å². The summed E-state index contributed by atoms with van der Waals surface area (Å²) in [4.78, 5) is 3.94. The lowest BCUT2D eigenvalue weighted by Gasteiger charge is -2.05. The van der Waals surface area contributed by atoms with Crippen molar-refractivity contribution < 1.29 is 17.6 Å². The molecule has 3 nitrogen and oxygen atoms in total. The molecule has 0 aromatic carbocycles. The fourth-order valence-electron chi connectivity index (χ4n) is 1.31. The molecule has 0 spiro atoms. The third-order valence-corrected chi connectivity index (χ3v) is 2.15. The molecule has 1 heterocycles. The summed E-state index contributed by atoms with van der Waals surface area (Å²) >= 11 is 0. The summed E-state index contributed by atoms with van der Waals surface area (Å²) in [7, 11) is 0. The van der Waals surface area contributed by atoms with Crippen LogP contribution in [-0.2, 0) is 12.8 Å². The van der Waals surface area contributed by atoms with Gasteiger partial charge in [0.15, 0.2) is 5.89 Å². The number of aromatic nitrogens is 1. The van der Waals surface area contributed by atoms with Gasteiger partial charge in [0.1, 0.15) is 5.76 Å². The van der Waals surface area contributed by atoms with Crippen LogP contribution in [0.1, 0.15) is 31.9 Å². The molecule has 0 atom stereocenters. The van der Waals surface area contributed by atoms with Gasteiger partial charge in [-0.1, -0.05) is 13.8 Å². The Morgan fingerprint density at radius 2 is 2.06 bits per heavy atom. The summed E-state index contributed by atoms with van der Waals surface area (Å²) in [6.07, 6.45) is -3.20. The van der Waals surface area contributed by atoms with Gasteiger partial charge in [-0.05, 0) is 0 Å². The highest BCUT2D eigenvalue weighted by Crippen LogP contribution is 2.22. The van der Waals surface area contributed by atoms with Crippen molar-refractivity contribution in [1.29, 1.82) is 0 Å². The number of hydrogen-bond acceptors (Lipinski definition) is 3. The number of nitrogens with zero attached hydrogens (tertiary/aromatic N) is 1. The van der Waals surface area contributed by atoms with Gasteiger partial charge in [0.2, 0.25) is 0 Å². The molecule has 17 heavy (non-hydrogen) atoms. The van der Waals surface area contributed by atoms with E-state index in [-0.39, 0.29) is 6.42 Å². The second kappa shape index (κ2) is 6.05. The van der Waals surface area contributed by atoms with Gasteiger partial charge < -0.3 is 9.73 Å². The summed E-state index contributed by atoms with van der Waals surface area (Å²) in [6.45, 7) is 4.74. The molecule has 1 N–H and O–H groups in total. The molecule has 0 aliphatic carbocycles. The van der Waals surface area contributed by atoms with E-state index in [0.717, 1.165) is 0 Å². The van der Waals surface area contributed by atoms with Crippen LogP contribution < -0.4 is 5.32 Å². The average Bonchev–Trinajstić information content (AvgIpc) is 2.61. The average molecular weight is 250 g/mol. The zero-order chi connectivity index (χ0) is 12.9. The van der Waals surface area contributed by atoms with Crippen LogP contribution in [0.5, 0.6) is 0 Å².